The molecule has 19 heavy (non-hydrogen) atoms. The van der Waals surface area contributed by atoms with Gasteiger partial charge in [0, 0.05) is 5.02 Å². The fraction of sp³-hybridized carbons (Fsp3) is 0.143. The Bertz CT molecular complexity index is 595. The van der Waals surface area contributed by atoms with Crippen molar-refractivity contribution in [2.24, 2.45) is 0 Å². The van der Waals surface area contributed by atoms with Gasteiger partial charge in [-0.05, 0) is 58.2 Å². The summed E-state index contributed by atoms with van der Waals surface area (Å²) < 4.78 is 19.5. The fourth-order valence-corrected chi connectivity index (χ4v) is 2.63. The molecule has 0 aliphatic carbocycles. The first-order valence-corrected chi connectivity index (χ1v) is 6.77. The minimum absolute atomic E-state index is 0.244. The van der Waals surface area contributed by atoms with Crippen LogP contribution in [0.5, 0.6) is 5.75 Å². The second-order valence-corrected chi connectivity index (χ2v) is 5.46. The molecule has 0 radical (unpaired) electrons. The molecular formula is C14H12BrClFNO. The van der Waals surface area contributed by atoms with Crippen LogP contribution >= 0.6 is 27.5 Å². The van der Waals surface area contributed by atoms with E-state index in [1.165, 1.54) is 12.1 Å². The van der Waals surface area contributed by atoms with Crippen LogP contribution in [0.4, 0.5) is 10.1 Å². The number of anilines is 1. The van der Waals surface area contributed by atoms with Crippen molar-refractivity contribution < 1.29 is 9.13 Å². The lowest BCUT2D eigenvalue weighted by Crippen LogP contribution is -2.01. The van der Waals surface area contributed by atoms with Crippen molar-refractivity contribution in [2.75, 3.05) is 5.73 Å². The van der Waals surface area contributed by atoms with Gasteiger partial charge in [0.25, 0.3) is 0 Å². The van der Waals surface area contributed by atoms with Crippen molar-refractivity contribution in [1.29, 1.82) is 0 Å². The van der Waals surface area contributed by atoms with Crippen LogP contribution in [-0.2, 0) is 6.61 Å². The van der Waals surface area contributed by atoms with Gasteiger partial charge in [-0.15, -0.1) is 0 Å². The van der Waals surface area contributed by atoms with Crippen molar-refractivity contribution >= 4 is 33.2 Å². The van der Waals surface area contributed by atoms with Crippen LogP contribution < -0.4 is 10.5 Å². The van der Waals surface area contributed by atoms with Crippen LogP contribution in [0, 0.1) is 12.7 Å². The first-order chi connectivity index (χ1) is 8.97. The number of hydrogen-bond acceptors (Lipinski definition) is 2. The zero-order chi connectivity index (χ0) is 14.0. The second kappa shape index (κ2) is 5.80. The van der Waals surface area contributed by atoms with Gasteiger partial charge in [0.1, 0.15) is 12.4 Å². The third-order valence-electron chi connectivity index (χ3n) is 2.72. The molecule has 0 saturated heterocycles. The molecule has 0 atom stereocenters. The van der Waals surface area contributed by atoms with E-state index in [0.717, 1.165) is 11.1 Å². The minimum atomic E-state index is -0.285. The summed E-state index contributed by atoms with van der Waals surface area (Å²) in [7, 11) is 0. The summed E-state index contributed by atoms with van der Waals surface area (Å²) in [6.07, 6.45) is 0. The van der Waals surface area contributed by atoms with E-state index in [-0.39, 0.29) is 12.4 Å². The molecule has 0 amide bonds. The van der Waals surface area contributed by atoms with Crippen molar-refractivity contribution in [3.05, 3.63) is 56.8 Å². The number of halogens is 3. The van der Waals surface area contributed by atoms with Gasteiger partial charge < -0.3 is 10.5 Å². The van der Waals surface area contributed by atoms with Gasteiger partial charge in [0.05, 0.1) is 10.2 Å². The third-order valence-corrected chi connectivity index (χ3v) is 3.53. The fourth-order valence-electron chi connectivity index (χ4n) is 1.68. The summed E-state index contributed by atoms with van der Waals surface area (Å²) in [5.41, 5.74) is 8.02. The van der Waals surface area contributed by atoms with Crippen molar-refractivity contribution in [2.45, 2.75) is 13.5 Å². The lowest BCUT2D eigenvalue weighted by atomic mass is 10.1. The average molecular weight is 345 g/mol. The van der Waals surface area contributed by atoms with E-state index in [0.29, 0.717) is 20.9 Å². The summed E-state index contributed by atoms with van der Waals surface area (Å²) >= 11 is 9.21. The molecule has 5 heteroatoms. The largest absolute Gasteiger partial charge is 0.486 e. The Labute approximate surface area is 124 Å². The molecule has 0 unspecified atom stereocenters. The number of hydrogen-bond donors (Lipinski definition) is 1. The Morgan fingerprint density at radius 3 is 2.74 bits per heavy atom. The maximum atomic E-state index is 13.2. The number of nitrogen functional groups attached to an aromatic ring is 1. The van der Waals surface area contributed by atoms with Gasteiger partial charge in [-0.2, -0.15) is 0 Å². The predicted molar refractivity (Wildman–Crippen MR) is 79.0 cm³/mol. The van der Waals surface area contributed by atoms with Gasteiger partial charge in [0.2, 0.25) is 0 Å². The molecule has 0 spiro atoms. The Hall–Kier alpha value is -1.26. The van der Waals surface area contributed by atoms with Gasteiger partial charge in [-0.25, -0.2) is 4.39 Å². The highest BCUT2D eigenvalue weighted by atomic mass is 79.9. The number of nitrogens with two attached hydrogens (primary N) is 1. The third kappa shape index (κ3) is 3.39. The van der Waals surface area contributed by atoms with E-state index in [1.54, 1.807) is 18.2 Å². The average Bonchev–Trinajstić information content (AvgIpc) is 2.32. The first-order valence-electron chi connectivity index (χ1n) is 5.59. The van der Waals surface area contributed by atoms with Crippen LogP contribution in [-0.4, -0.2) is 0 Å². The maximum Gasteiger partial charge on any atom is 0.156 e. The molecule has 0 aliphatic rings. The molecule has 0 bridgehead atoms. The van der Waals surface area contributed by atoms with E-state index in [4.69, 9.17) is 22.1 Å². The van der Waals surface area contributed by atoms with E-state index in [1.807, 2.05) is 6.92 Å². The molecular weight excluding hydrogens is 333 g/mol. The lowest BCUT2D eigenvalue weighted by Gasteiger charge is -2.12. The van der Waals surface area contributed by atoms with Crippen LogP contribution in [0.1, 0.15) is 11.1 Å². The van der Waals surface area contributed by atoms with Crippen LogP contribution in [0.2, 0.25) is 5.02 Å². The SMILES string of the molecule is Cc1ccc(F)cc1COc1c(N)cc(Cl)cc1Br. The number of rotatable bonds is 3. The zero-order valence-electron chi connectivity index (χ0n) is 10.2. The highest BCUT2D eigenvalue weighted by Gasteiger charge is 2.09. The standard InChI is InChI=1S/C14H12BrClFNO/c1-8-2-3-11(17)4-9(8)7-19-14-12(15)5-10(16)6-13(14)18/h2-6H,7,18H2,1H3. The summed E-state index contributed by atoms with van der Waals surface area (Å²) in [5, 5.41) is 0.527. The Kier molecular flexibility index (Phi) is 4.32. The number of aryl methyl sites for hydroxylation is 1. The number of benzene rings is 2. The smallest absolute Gasteiger partial charge is 0.156 e. The van der Waals surface area contributed by atoms with Crippen LogP contribution in [0.25, 0.3) is 0 Å². The molecule has 0 aromatic heterocycles. The van der Waals surface area contributed by atoms with Gasteiger partial charge in [-0.1, -0.05) is 17.7 Å². The van der Waals surface area contributed by atoms with Crippen molar-refractivity contribution in [3.63, 3.8) is 0 Å². The summed E-state index contributed by atoms with van der Waals surface area (Å²) in [6, 6.07) is 7.90. The molecule has 0 fully saturated rings. The van der Waals surface area contributed by atoms with Gasteiger partial charge in [-0.3, -0.25) is 0 Å². The predicted octanol–water partition coefficient (Wildman–Crippen LogP) is 4.71. The highest BCUT2D eigenvalue weighted by Crippen LogP contribution is 2.35. The second-order valence-electron chi connectivity index (χ2n) is 4.17. The molecule has 100 valence electrons. The summed E-state index contributed by atoms with van der Waals surface area (Å²) in [4.78, 5) is 0. The molecule has 2 aromatic carbocycles. The van der Waals surface area contributed by atoms with Crippen LogP contribution in [0.3, 0.4) is 0 Å². The molecule has 0 heterocycles. The molecule has 2 N–H and O–H groups in total. The normalized spacial score (nSPS) is 10.5. The Morgan fingerprint density at radius 2 is 2.05 bits per heavy atom. The van der Waals surface area contributed by atoms with E-state index < -0.39 is 0 Å². The molecule has 0 aliphatic heterocycles. The summed E-state index contributed by atoms with van der Waals surface area (Å²) in [5.74, 6) is 0.223. The number of ether oxygens (including phenoxy) is 1. The first kappa shape index (κ1) is 14.2. The summed E-state index contributed by atoms with van der Waals surface area (Å²) in [6.45, 7) is 2.15. The molecule has 2 rings (SSSR count). The Morgan fingerprint density at radius 1 is 1.32 bits per heavy atom. The van der Waals surface area contributed by atoms with Gasteiger partial charge in [0.15, 0.2) is 5.75 Å². The maximum absolute atomic E-state index is 13.2. The highest BCUT2D eigenvalue weighted by molar-refractivity contribution is 9.10. The molecule has 2 aromatic rings. The topological polar surface area (TPSA) is 35.2 Å². The lowest BCUT2D eigenvalue weighted by molar-refractivity contribution is 0.304. The van der Waals surface area contributed by atoms with Gasteiger partial charge >= 0.3 is 0 Å². The monoisotopic (exact) mass is 343 g/mol. The van der Waals surface area contributed by atoms with Crippen LogP contribution in [0.15, 0.2) is 34.8 Å². The zero-order valence-corrected chi connectivity index (χ0v) is 12.6. The van der Waals surface area contributed by atoms with E-state index >= 15 is 0 Å². The molecule has 2 nitrogen and oxygen atoms in total. The van der Waals surface area contributed by atoms with Crippen molar-refractivity contribution in [1.82, 2.24) is 0 Å². The quantitative estimate of drug-likeness (QED) is 0.818. The minimum Gasteiger partial charge on any atom is -0.486 e. The van der Waals surface area contributed by atoms with E-state index in [9.17, 15) is 4.39 Å². The molecule has 0 saturated carbocycles. The van der Waals surface area contributed by atoms with Crippen molar-refractivity contribution in [3.8, 4) is 5.75 Å². The van der Waals surface area contributed by atoms with E-state index in [2.05, 4.69) is 15.9 Å². The Balaban J connectivity index is 2.21.